The van der Waals surface area contributed by atoms with Gasteiger partial charge in [-0.05, 0) is 57.1 Å². The summed E-state index contributed by atoms with van der Waals surface area (Å²) < 4.78 is 0. The van der Waals surface area contributed by atoms with Crippen LogP contribution >= 0.6 is 0 Å². The van der Waals surface area contributed by atoms with Crippen molar-refractivity contribution in [1.82, 2.24) is 4.90 Å². The van der Waals surface area contributed by atoms with Crippen LogP contribution in [0.4, 0.5) is 0 Å². The van der Waals surface area contributed by atoms with E-state index in [4.69, 9.17) is 0 Å². The summed E-state index contributed by atoms with van der Waals surface area (Å²) in [5, 5.41) is 0. The highest BCUT2D eigenvalue weighted by atomic mass is 15.2. The molecule has 1 nitrogen and oxygen atoms in total. The quantitative estimate of drug-likeness (QED) is 0.607. The summed E-state index contributed by atoms with van der Waals surface area (Å²) in [5.41, 5.74) is 5.47. The van der Waals surface area contributed by atoms with Crippen LogP contribution in [0.25, 0.3) is 0 Å². The van der Waals surface area contributed by atoms with Crippen molar-refractivity contribution in [2.24, 2.45) is 5.41 Å². The van der Waals surface area contributed by atoms with Gasteiger partial charge in [-0.3, -0.25) is 4.90 Å². The highest BCUT2D eigenvalue weighted by Crippen LogP contribution is 2.43. The summed E-state index contributed by atoms with van der Waals surface area (Å²) in [6, 6.07) is 0.651. The van der Waals surface area contributed by atoms with Gasteiger partial charge in [-0.2, -0.15) is 0 Å². The lowest BCUT2D eigenvalue weighted by Gasteiger charge is -2.50. The van der Waals surface area contributed by atoms with Crippen molar-refractivity contribution in [2.45, 2.75) is 72.9 Å². The van der Waals surface area contributed by atoms with E-state index in [2.05, 4.69) is 59.4 Å². The van der Waals surface area contributed by atoms with E-state index in [1.807, 2.05) is 0 Å². The Balaban J connectivity index is 2.35. The Bertz CT molecular complexity index is 398. The molecular formula is C17H29N. The summed E-state index contributed by atoms with van der Waals surface area (Å²) in [7, 11) is 0. The number of allylic oxidation sites excluding steroid dienone is 2. The lowest BCUT2D eigenvalue weighted by atomic mass is 9.76. The van der Waals surface area contributed by atoms with Gasteiger partial charge in [-0.15, -0.1) is 0 Å². The maximum Gasteiger partial charge on any atom is 0.0210 e. The monoisotopic (exact) mass is 247 g/mol. The lowest BCUT2D eigenvalue weighted by Crippen LogP contribution is -2.55. The summed E-state index contributed by atoms with van der Waals surface area (Å²) in [4.78, 5) is 2.72. The van der Waals surface area contributed by atoms with Crippen LogP contribution in [0, 0.1) is 5.41 Å². The molecule has 0 spiro atoms. The van der Waals surface area contributed by atoms with Crippen molar-refractivity contribution in [2.75, 3.05) is 6.54 Å². The number of hydrogen-bond donors (Lipinski definition) is 0. The smallest absolute Gasteiger partial charge is 0.0210 e. The highest BCUT2D eigenvalue weighted by Gasteiger charge is 2.41. The van der Waals surface area contributed by atoms with Gasteiger partial charge < -0.3 is 0 Å². The van der Waals surface area contributed by atoms with Gasteiger partial charge in [0.2, 0.25) is 0 Å². The van der Waals surface area contributed by atoms with Gasteiger partial charge in [-0.25, -0.2) is 0 Å². The summed E-state index contributed by atoms with van der Waals surface area (Å²) in [6.45, 7) is 17.7. The molecule has 0 aromatic carbocycles. The first kappa shape index (κ1) is 13.9. The maximum absolute atomic E-state index is 2.72. The summed E-state index contributed by atoms with van der Waals surface area (Å²) in [5.74, 6) is 0. The molecule has 0 aromatic heterocycles. The Kier molecular flexibility index (Phi) is 3.26. The first-order valence-corrected chi connectivity index (χ1v) is 7.25. The number of hydrogen-bond acceptors (Lipinski definition) is 1. The molecule has 0 N–H and O–H groups in total. The van der Waals surface area contributed by atoms with E-state index in [0.29, 0.717) is 11.5 Å². The van der Waals surface area contributed by atoms with Gasteiger partial charge in [0.15, 0.2) is 0 Å². The van der Waals surface area contributed by atoms with E-state index < -0.39 is 0 Å². The first-order valence-electron chi connectivity index (χ1n) is 7.25. The number of nitrogens with zero attached hydrogens (tertiary/aromatic N) is 1. The van der Waals surface area contributed by atoms with E-state index >= 15 is 0 Å². The average molecular weight is 247 g/mol. The predicted octanol–water partition coefficient (Wildman–Crippen LogP) is 4.55. The summed E-state index contributed by atoms with van der Waals surface area (Å²) >= 11 is 0. The SMILES string of the molecule is CC1=CCC2=C1CC(C(C)(C)C)N(C(C)(C)C)C2. The second-order valence-electron chi connectivity index (χ2n) is 8.06. The third-order valence-corrected chi connectivity index (χ3v) is 4.55. The van der Waals surface area contributed by atoms with E-state index in [1.54, 1.807) is 11.1 Å². The molecule has 2 rings (SSSR count). The fourth-order valence-electron chi connectivity index (χ4n) is 3.36. The van der Waals surface area contributed by atoms with Crippen LogP contribution in [0.3, 0.4) is 0 Å². The van der Waals surface area contributed by atoms with Crippen molar-refractivity contribution in [3.63, 3.8) is 0 Å². The van der Waals surface area contributed by atoms with Crippen molar-refractivity contribution in [3.05, 3.63) is 22.8 Å². The zero-order valence-electron chi connectivity index (χ0n) is 13.2. The minimum Gasteiger partial charge on any atom is -0.291 e. The van der Waals surface area contributed by atoms with Gasteiger partial charge in [0.25, 0.3) is 0 Å². The predicted molar refractivity (Wildman–Crippen MR) is 79.7 cm³/mol. The molecule has 0 radical (unpaired) electrons. The Morgan fingerprint density at radius 3 is 2.22 bits per heavy atom. The molecule has 0 saturated heterocycles. The molecule has 0 amide bonds. The first-order chi connectivity index (χ1) is 8.10. The molecule has 1 unspecified atom stereocenters. The third kappa shape index (κ3) is 2.42. The Morgan fingerprint density at radius 1 is 1.11 bits per heavy atom. The molecule has 0 fully saturated rings. The molecule has 1 aliphatic heterocycles. The third-order valence-electron chi connectivity index (χ3n) is 4.55. The Hall–Kier alpha value is -0.560. The van der Waals surface area contributed by atoms with Crippen LogP contribution in [0.5, 0.6) is 0 Å². The second kappa shape index (κ2) is 4.23. The maximum atomic E-state index is 2.72. The minimum absolute atomic E-state index is 0.257. The van der Waals surface area contributed by atoms with Gasteiger partial charge in [-0.1, -0.05) is 32.4 Å². The normalized spacial score (nSPS) is 26.4. The Labute approximate surface area is 113 Å². The fraction of sp³-hybridized carbons (Fsp3) is 0.765. The molecule has 0 bridgehead atoms. The van der Waals surface area contributed by atoms with E-state index in [0.717, 1.165) is 6.54 Å². The molecule has 2 aliphatic rings. The zero-order valence-corrected chi connectivity index (χ0v) is 13.2. The minimum atomic E-state index is 0.257. The van der Waals surface area contributed by atoms with Crippen LogP contribution in [-0.4, -0.2) is 23.0 Å². The fourth-order valence-corrected chi connectivity index (χ4v) is 3.36. The second-order valence-corrected chi connectivity index (χ2v) is 8.06. The Morgan fingerprint density at radius 2 is 1.72 bits per heavy atom. The van der Waals surface area contributed by atoms with Crippen molar-refractivity contribution in [3.8, 4) is 0 Å². The molecule has 0 saturated carbocycles. The van der Waals surface area contributed by atoms with Gasteiger partial charge in [0.1, 0.15) is 0 Å². The molecule has 102 valence electrons. The summed E-state index contributed by atoms with van der Waals surface area (Å²) in [6.07, 6.45) is 4.83. The molecule has 0 aromatic rings. The molecule has 1 heterocycles. The molecular weight excluding hydrogens is 218 g/mol. The zero-order chi connectivity index (χ0) is 13.7. The van der Waals surface area contributed by atoms with Crippen LogP contribution in [0.1, 0.15) is 61.3 Å². The van der Waals surface area contributed by atoms with Gasteiger partial charge in [0, 0.05) is 18.1 Å². The van der Waals surface area contributed by atoms with E-state index in [-0.39, 0.29) is 5.54 Å². The topological polar surface area (TPSA) is 3.24 Å². The van der Waals surface area contributed by atoms with Crippen LogP contribution < -0.4 is 0 Å². The van der Waals surface area contributed by atoms with Crippen LogP contribution in [-0.2, 0) is 0 Å². The van der Waals surface area contributed by atoms with E-state index in [9.17, 15) is 0 Å². The van der Waals surface area contributed by atoms with Crippen molar-refractivity contribution in [1.29, 1.82) is 0 Å². The van der Waals surface area contributed by atoms with Crippen molar-refractivity contribution < 1.29 is 0 Å². The molecule has 18 heavy (non-hydrogen) atoms. The largest absolute Gasteiger partial charge is 0.291 e. The average Bonchev–Trinajstić information content (AvgIpc) is 2.56. The van der Waals surface area contributed by atoms with Gasteiger partial charge in [0.05, 0.1) is 0 Å². The molecule has 1 heteroatoms. The van der Waals surface area contributed by atoms with Gasteiger partial charge >= 0.3 is 0 Å². The highest BCUT2D eigenvalue weighted by molar-refractivity contribution is 5.44. The van der Waals surface area contributed by atoms with Crippen LogP contribution in [0.2, 0.25) is 0 Å². The number of rotatable bonds is 0. The standard InChI is InChI=1S/C17H29N/c1-12-8-9-13-11-18(17(5,6)7)15(10-14(12)13)16(2,3)4/h8,15H,9-11H2,1-7H3. The lowest BCUT2D eigenvalue weighted by molar-refractivity contribution is 0.0237. The van der Waals surface area contributed by atoms with E-state index in [1.165, 1.54) is 18.4 Å². The van der Waals surface area contributed by atoms with Crippen molar-refractivity contribution >= 4 is 0 Å². The van der Waals surface area contributed by atoms with Crippen LogP contribution in [0.15, 0.2) is 22.8 Å². The molecule has 1 aliphatic carbocycles. The molecule has 1 atom stereocenters.